The molecule has 0 saturated carbocycles. The number of hydrogen-bond donors (Lipinski definition) is 0. The molecule has 7 heteroatoms. The summed E-state index contributed by atoms with van der Waals surface area (Å²) in [5.74, 6) is -0.224. The largest absolute Gasteiger partial charge is 0.305 e. The molecule has 4 rings (SSSR count). The molecular weight excluding hydrogens is 355 g/mol. The fraction of sp³-hybridized carbons (Fsp3) is 0.143. The molecular formula is C21H17FN6. The molecule has 28 heavy (non-hydrogen) atoms. The molecule has 0 aliphatic rings. The van der Waals surface area contributed by atoms with E-state index in [0.717, 1.165) is 29.0 Å². The highest BCUT2D eigenvalue weighted by atomic mass is 19.1. The average molecular weight is 372 g/mol. The van der Waals surface area contributed by atoms with Crippen LogP contribution in [-0.2, 0) is 6.54 Å². The first-order valence-electron chi connectivity index (χ1n) is 8.70. The van der Waals surface area contributed by atoms with Gasteiger partial charge in [-0.15, -0.1) is 0 Å². The molecule has 0 aliphatic carbocycles. The van der Waals surface area contributed by atoms with E-state index in [1.54, 1.807) is 24.4 Å². The summed E-state index contributed by atoms with van der Waals surface area (Å²) in [6, 6.07) is 13.9. The normalized spacial score (nSPS) is 11.1. The summed E-state index contributed by atoms with van der Waals surface area (Å²) in [5, 5.41) is 9.17. The summed E-state index contributed by atoms with van der Waals surface area (Å²) in [5.41, 5.74) is 4.64. The van der Waals surface area contributed by atoms with Gasteiger partial charge in [-0.1, -0.05) is 0 Å². The van der Waals surface area contributed by atoms with Crippen LogP contribution >= 0.6 is 0 Å². The number of imidazole rings is 1. The number of nitriles is 1. The van der Waals surface area contributed by atoms with Crippen molar-refractivity contribution in [1.29, 1.82) is 5.26 Å². The molecule has 138 valence electrons. The molecule has 0 fully saturated rings. The number of benzene rings is 1. The van der Waals surface area contributed by atoms with Crippen molar-refractivity contribution in [1.82, 2.24) is 24.3 Å². The quantitative estimate of drug-likeness (QED) is 0.548. The van der Waals surface area contributed by atoms with Gasteiger partial charge in [0.15, 0.2) is 0 Å². The number of pyridine rings is 1. The third kappa shape index (κ3) is 3.33. The monoisotopic (exact) mass is 372 g/mol. The lowest BCUT2D eigenvalue weighted by atomic mass is 10.1. The number of halogens is 1. The van der Waals surface area contributed by atoms with E-state index >= 15 is 0 Å². The van der Waals surface area contributed by atoms with E-state index in [1.165, 1.54) is 12.1 Å². The van der Waals surface area contributed by atoms with Crippen molar-refractivity contribution in [2.75, 3.05) is 14.1 Å². The van der Waals surface area contributed by atoms with Crippen LogP contribution in [0.3, 0.4) is 0 Å². The van der Waals surface area contributed by atoms with E-state index in [9.17, 15) is 4.39 Å². The minimum atomic E-state index is -0.309. The van der Waals surface area contributed by atoms with Gasteiger partial charge in [-0.2, -0.15) is 5.26 Å². The Kier molecular flexibility index (Phi) is 4.55. The summed E-state index contributed by atoms with van der Waals surface area (Å²) in [7, 11) is 4.02. The predicted molar refractivity (Wildman–Crippen MR) is 104 cm³/mol. The van der Waals surface area contributed by atoms with Crippen LogP contribution in [0, 0.1) is 17.1 Å². The molecule has 4 aromatic rings. The zero-order chi connectivity index (χ0) is 19.7. The van der Waals surface area contributed by atoms with E-state index in [4.69, 9.17) is 10.2 Å². The van der Waals surface area contributed by atoms with Gasteiger partial charge in [-0.05, 0) is 62.1 Å². The van der Waals surface area contributed by atoms with Crippen LogP contribution in [0.15, 0.2) is 54.9 Å². The maximum atomic E-state index is 13.4. The topological polar surface area (TPSA) is 70.1 Å². The molecule has 0 aliphatic heterocycles. The van der Waals surface area contributed by atoms with Crippen LogP contribution in [0.1, 0.15) is 11.4 Å². The highest BCUT2D eigenvalue weighted by molar-refractivity contribution is 5.80. The highest BCUT2D eigenvalue weighted by Gasteiger charge is 2.18. The fourth-order valence-corrected chi connectivity index (χ4v) is 3.15. The Morgan fingerprint density at radius 2 is 1.89 bits per heavy atom. The first-order chi connectivity index (χ1) is 13.5. The van der Waals surface area contributed by atoms with Gasteiger partial charge in [0.1, 0.15) is 17.5 Å². The van der Waals surface area contributed by atoms with Gasteiger partial charge in [0, 0.05) is 24.5 Å². The minimum absolute atomic E-state index is 0.0849. The predicted octanol–water partition coefficient (Wildman–Crippen LogP) is 3.53. The molecule has 0 unspecified atom stereocenters. The van der Waals surface area contributed by atoms with E-state index in [2.05, 4.69) is 14.9 Å². The lowest BCUT2D eigenvalue weighted by Gasteiger charge is -2.10. The smallest absolute Gasteiger partial charge is 0.232 e. The van der Waals surface area contributed by atoms with Crippen LogP contribution < -0.4 is 0 Å². The van der Waals surface area contributed by atoms with Crippen LogP contribution in [0.2, 0.25) is 0 Å². The number of hydrogen-bond acceptors (Lipinski definition) is 5. The molecule has 0 radical (unpaired) electrons. The molecule has 0 spiro atoms. The van der Waals surface area contributed by atoms with Crippen molar-refractivity contribution in [3.63, 3.8) is 0 Å². The van der Waals surface area contributed by atoms with Crippen LogP contribution in [0.25, 0.3) is 28.3 Å². The van der Waals surface area contributed by atoms with E-state index < -0.39 is 0 Å². The van der Waals surface area contributed by atoms with E-state index in [-0.39, 0.29) is 11.6 Å². The maximum absolute atomic E-state index is 13.4. The van der Waals surface area contributed by atoms with Gasteiger partial charge < -0.3 is 4.90 Å². The van der Waals surface area contributed by atoms with Crippen LogP contribution in [0.4, 0.5) is 4.39 Å². The maximum Gasteiger partial charge on any atom is 0.232 e. The highest BCUT2D eigenvalue weighted by Crippen LogP contribution is 2.32. The molecule has 0 atom stereocenters. The summed E-state index contributed by atoms with van der Waals surface area (Å²) in [6.45, 7) is 0.788. The molecule has 0 saturated heterocycles. The molecule has 0 amide bonds. The average Bonchev–Trinajstić information content (AvgIpc) is 3.06. The Hall–Kier alpha value is -3.63. The minimum Gasteiger partial charge on any atom is -0.305 e. The van der Waals surface area contributed by atoms with Gasteiger partial charge in [-0.3, -0.25) is 4.40 Å². The second kappa shape index (κ2) is 7.18. The number of aromatic nitrogens is 4. The number of rotatable bonds is 4. The Bertz CT molecular complexity index is 1190. The van der Waals surface area contributed by atoms with Crippen molar-refractivity contribution < 1.29 is 4.39 Å². The Morgan fingerprint density at radius 3 is 2.61 bits per heavy atom. The third-order valence-corrected chi connectivity index (χ3v) is 4.31. The Labute approximate surface area is 161 Å². The van der Waals surface area contributed by atoms with Crippen molar-refractivity contribution in [2.45, 2.75) is 6.54 Å². The standard InChI is InChI=1S/C21H17FN6/c1-27(2)13-14-8-10-28-19(11-14)26-20(15-3-5-16(22)6-4-15)21(28)17-7-9-24-18(12-23)25-17/h3-11H,13H2,1-2H3. The second-order valence-electron chi connectivity index (χ2n) is 6.69. The lowest BCUT2D eigenvalue weighted by Crippen LogP contribution is -2.10. The second-order valence-corrected chi connectivity index (χ2v) is 6.69. The van der Waals surface area contributed by atoms with Crippen LogP contribution in [0.5, 0.6) is 0 Å². The SMILES string of the molecule is CN(C)Cc1ccn2c(-c3ccnc(C#N)n3)c(-c3ccc(F)cc3)nc2c1. The van der Waals surface area contributed by atoms with Gasteiger partial charge in [0.2, 0.25) is 5.82 Å². The van der Waals surface area contributed by atoms with E-state index in [1.807, 2.05) is 42.9 Å². The van der Waals surface area contributed by atoms with Crippen molar-refractivity contribution >= 4 is 5.65 Å². The number of fused-ring (bicyclic) bond motifs is 1. The van der Waals surface area contributed by atoms with Gasteiger partial charge >= 0.3 is 0 Å². The van der Waals surface area contributed by atoms with Crippen molar-refractivity contribution in [3.05, 3.63) is 72.1 Å². The molecule has 0 bridgehead atoms. The molecule has 3 aromatic heterocycles. The molecule has 6 nitrogen and oxygen atoms in total. The summed E-state index contributed by atoms with van der Waals surface area (Å²) in [4.78, 5) is 15.2. The summed E-state index contributed by atoms with van der Waals surface area (Å²) < 4.78 is 15.3. The zero-order valence-corrected chi connectivity index (χ0v) is 15.5. The third-order valence-electron chi connectivity index (χ3n) is 4.31. The number of nitrogens with zero attached hydrogens (tertiary/aromatic N) is 6. The first kappa shape index (κ1) is 17.8. The summed E-state index contributed by atoms with van der Waals surface area (Å²) in [6.07, 6.45) is 3.49. The van der Waals surface area contributed by atoms with Crippen LogP contribution in [-0.4, -0.2) is 38.3 Å². The summed E-state index contributed by atoms with van der Waals surface area (Å²) >= 11 is 0. The first-order valence-corrected chi connectivity index (χ1v) is 8.70. The Balaban J connectivity index is 1.97. The van der Waals surface area contributed by atoms with Gasteiger partial charge in [0.05, 0.1) is 17.1 Å². The van der Waals surface area contributed by atoms with Crippen molar-refractivity contribution in [3.8, 4) is 28.7 Å². The lowest BCUT2D eigenvalue weighted by molar-refractivity contribution is 0.402. The zero-order valence-electron chi connectivity index (χ0n) is 15.5. The molecule has 0 N–H and O–H groups in total. The Morgan fingerprint density at radius 1 is 1.11 bits per heavy atom. The fourth-order valence-electron chi connectivity index (χ4n) is 3.15. The van der Waals surface area contributed by atoms with Gasteiger partial charge in [-0.25, -0.2) is 19.3 Å². The molecule has 1 aromatic carbocycles. The van der Waals surface area contributed by atoms with Crippen molar-refractivity contribution in [2.24, 2.45) is 0 Å². The van der Waals surface area contributed by atoms with Gasteiger partial charge in [0.25, 0.3) is 0 Å². The van der Waals surface area contributed by atoms with E-state index in [0.29, 0.717) is 11.4 Å². The molecule has 3 heterocycles.